The summed E-state index contributed by atoms with van der Waals surface area (Å²) in [5, 5.41) is 0. The largest absolute Gasteiger partial charge is 0.452 e. The normalized spacial score (nSPS) is 14.6. The van der Waals surface area contributed by atoms with E-state index in [0.29, 0.717) is 29.0 Å². The summed E-state index contributed by atoms with van der Waals surface area (Å²) in [6.07, 6.45) is 7.67. The molecule has 0 amide bonds. The third-order valence-corrected chi connectivity index (χ3v) is 3.57. The minimum absolute atomic E-state index is 0.0819. The van der Waals surface area contributed by atoms with E-state index < -0.39 is 0 Å². The van der Waals surface area contributed by atoms with Crippen molar-refractivity contribution in [3.8, 4) is 0 Å². The number of hydrogen-bond donors (Lipinski definition) is 0. The first-order chi connectivity index (χ1) is 11.4. The molecule has 0 atom stereocenters. The minimum atomic E-state index is -0.196. The summed E-state index contributed by atoms with van der Waals surface area (Å²) < 4.78 is 5.51. The molecule has 0 spiro atoms. The second kappa shape index (κ2) is 7.56. The van der Waals surface area contributed by atoms with Gasteiger partial charge in [0.1, 0.15) is 5.76 Å². The van der Waals surface area contributed by atoms with Gasteiger partial charge in [0.15, 0.2) is 17.3 Å². The van der Waals surface area contributed by atoms with E-state index >= 15 is 0 Å². The highest BCUT2D eigenvalue weighted by Gasteiger charge is 2.24. The van der Waals surface area contributed by atoms with Gasteiger partial charge in [-0.2, -0.15) is 0 Å². The number of carbonyl (C=O) groups excluding carboxylic acids is 2. The van der Waals surface area contributed by atoms with Gasteiger partial charge in [0, 0.05) is 37.1 Å². The van der Waals surface area contributed by atoms with Crippen molar-refractivity contribution in [2.75, 3.05) is 0 Å². The number of hydrogen-bond acceptors (Lipinski definition) is 4. The van der Waals surface area contributed by atoms with Crippen molar-refractivity contribution in [1.82, 2.24) is 0 Å². The SMILES string of the molecule is C=C(C/C=C1\C=C=Cc2oc(C(C)=O)c(C)c2C(=O)C1)N=C=CC. The fraction of sp³-hybridized carbons (Fsp3) is 0.250. The van der Waals surface area contributed by atoms with Gasteiger partial charge in [-0.15, -0.1) is 5.73 Å². The zero-order chi connectivity index (χ0) is 17.7. The van der Waals surface area contributed by atoms with Crippen LogP contribution in [0, 0.1) is 6.92 Å². The van der Waals surface area contributed by atoms with Crippen molar-refractivity contribution < 1.29 is 14.0 Å². The number of ketones is 2. The molecule has 1 aliphatic rings. The second-order valence-corrected chi connectivity index (χ2v) is 5.49. The van der Waals surface area contributed by atoms with Crippen molar-refractivity contribution in [1.29, 1.82) is 0 Å². The smallest absolute Gasteiger partial charge is 0.195 e. The number of rotatable bonds is 4. The maximum atomic E-state index is 12.6. The van der Waals surface area contributed by atoms with Crippen LogP contribution < -0.4 is 0 Å². The van der Waals surface area contributed by atoms with E-state index in [0.717, 1.165) is 5.57 Å². The van der Waals surface area contributed by atoms with E-state index in [4.69, 9.17) is 4.42 Å². The number of fused-ring (bicyclic) bond motifs is 1. The Morgan fingerprint density at radius 1 is 1.50 bits per heavy atom. The molecule has 0 saturated heterocycles. The number of carbonyl (C=O) groups is 2. The summed E-state index contributed by atoms with van der Waals surface area (Å²) in [6, 6.07) is 0. The molecule has 24 heavy (non-hydrogen) atoms. The van der Waals surface area contributed by atoms with E-state index in [1.165, 1.54) is 6.92 Å². The van der Waals surface area contributed by atoms with E-state index in [9.17, 15) is 9.59 Å². The van der Waals surface area contributed by atoms with Crippen LogP contribution in [0.25, 0.3) is 6.08 Å². The minimum Gasteiger partial charge on any atom is -0.452 e. The third kappa shape index (κ3) is 3.88. The molecule has 0 aliphatic heterocycles. The predicted molar refractivity (Wildman–Crippen MR) is 94.5 cm³/mol. The van der Waals surface area contributed by atoms with Gasteiger partial charge in [0.25, 0.3) is 0 Å². The lowest BCUT2D eigenvalue weighted by Crippen LogP contribution is -2.04. The molecule has 1 heterocycles. The van der Waals surface area contributed by atoms with Gasteiger partial charge in [0.2, 0.25) is 0 Å². The van der Waals surface area contributed by atoms with Gasteiger partial charge < -0.3 is 4.42 Å². The van der Waals surface area contributed by atoms with Gasteiger partial charge in [-0.1, -0.05) is 12.7 Å². The fourth-order valence-corrected chi connectivity index (χ4v) is 2.45. The maximum absolute atomic E-state index is 12.6. The third-order valence-electron chi connectivity index (χ3n) is 3.57. The highest BCUT2D eigenvalue weighted by molar-refractivity contribution is 6.05. The van der Waals surface area contributed by atoms with Gasteiger partial charge in [-0.3, -0.25) is 9.59 Å². The first kappa shape index (κ1) is 17.4. The van der Waals surface area contributed by atoms with Crippen molar-refractivity contribution in [3.63, 3.8) is 0 Å². The zero-order valence-electron chi connectivity index (χ0n) is 14.1. The van der Waals surface area contributed by atoms with E-state index in [2.05, 4.69) is 23.2 Å². The number of nitrogens with zero attached hydrogens (tertiary/aromatic N) is 1. The standard InChI is InChI=1S/C20H19NO3/c1-5-11-21-13(2)9-10-16-7-6-8-18-19(17(23)12-16)14(3)20(24-18)15(4)22/h5,7-8,10H,2,9,12H2,1,3-4H3/b16-10+. The van der Waals surface area contributed by atoms with Crippen molar-refractivity contribution >= 4 is 23.5 Å². The molecule has 1 aromatic heterocycles. The van der Waals surface area contributed by atoms with Crippen LogP contribution in [0.1, 0.15) is 58.9 Å². The summed E-state index contributed by atoms with van der Waals surface area (Å²) in [5.41, 5.74) is 5.53. The van der Waals surface area contributed by atoms with Crippen LogP contribution in [0.4, 0.5) is 0 Å². The zero-order valence-corrected chi connectivity index (χ0v) is 14.1. The number of aliphatic imine (C=N–C) groups is 1. The van der Waals surface area contributed by atoms with Gasteiger partial charge in [0.05, 0.1) is 5.56 Å². The lowest BCUT2D eigenvalue weighted by molar-refractivity contribution is 0.0980. The topological polar surface area (TPSA) is 59.6 Å². The number of Topliss-reactive ketones (excluding diaryl/α,β-unsaturated/α-hetero) is 2. The molecule has 0 unspecified atom stereocenters. The number of furan rings is 1. The first-order valence-electron chi connectivity index (χ1n) is 7.65. The molecule has 0 N–H and O–H groups in total. The summed E-state index contributed by atoms with van der Waals surface area (Å²) >= 11 is 0. The molecule has 1 aromatic rings. The average Bonchev–Trinajstić information content (AvgIpc) is 2.84. The second-order valence-electron chi connectivity index (χ2n) is 5.49. The molecule has 4 nitrogen and oxygen atoms in total. The summed E-state index contributed by atoms with van der Waals surface area (Å²) in [5.74, 6) is 3.07. The van der Waals surface area contributed by atoms with Crippen molar-refractivity contribution in [3.05, 3.63) is 64.5 Å². The Morgan fingerprint density at radius 3 is 2.92 bits per heavy atom. The molecule has 1 aliphatic carbocycles. The van der Waals surface area contributed by atoms with E-state index in [1.807, 2.05) is 13.0 Å². The Balaban J connectivity index is 2.32. The fourth-order valence-electron chi connectivity index (χ4n) is 2.45. The molecule has 4 heteroatoms. The van der Waals surface area contributed by atoms with Crippen LogP contribution >= 0.6 is 0 Å². The van der Waals surface area contributed by atoms with Crippen molar-refractivity contribution in [2.45, 2.75) is 33.6 Å². The number of allylic oxidation sites excluding steroid dienone is 4. The first-order valence-corrected chi connectivity index (χ1v) is 7.65. The predicted octanol–water partition coefficient (Wildman–Crippen LogP) is 4.62. The Bertz CT molecular complexity index is 865. The van der Waals surface area contributed by atoms with Crippen LogP contribution in [0.3, 0.4) is 0 Å². The Hall–Kier alpha value is -2.93. The summed E-state index contributed by atoms with van der Waals surface area (Å²) in [4.78, 5) is 28.2. The molecular weight excluding hydrogens is 302 g/mol. The van der Waals surface area contributed by atoms with Gasteiger partial charge in [-0.05, 0) is 37.4 Å². The average molecular weight is 321 g/mol. The molecule has 0 saturated carbocycles. The maximum Gasteiger partial charge on any atom is 0.195 e. The van der Waals surface area contributed by atoms with Crippen LogP contribution in [0.15, 0.2) is 51.2 Å². The van der Waals surface area contributed by atoms with Gasteiger partial charge in [-0.25, -0.2) is 4.99 Å². The van der Waals surface area contributed by atoms with Crippen LogP contribution in [-0.4, -0.2) is 17.4 Å². The summed E-state index contributed by atoms with van der Waals surface area (Å²) in [6.45, 7) is 8.82. The quantitative estimate of drug-likeness (QED) is 0.462. The highest BCUT2D eigenvalue weighted by Crippen LogP contribution is 2.27. The molecule has 0 bridgehead atoms. The molecule has 2 rings (SSSR count). The van der Waals surface area contributed by atoms with Gasteiger partial charge >= 0.3 is 0 Å². The molecule has 0 fully saturated rings. The Kier molecular flexibility index (Phi) is 5.49. The lowest BCUT2D eigenvalue weighted by atomic mass is 9.96. The van der Waals surface area contributed by atoms with Crippen LogP contribution in [0.2, 0.25) is 0 Å². The lowest BCUT2D eigenvalue weighted by Gasteiger charge is -2.04. The highest BCUT2D eigenvalue weighted by atomic mass is 16.3. The summed E-state index contributed by atoms with van der Waals surface area (Å²) in [7, 11) is 0. The van der Waals surface area contributed by atoms with Crippen molar-refractivity contribution in [2.24, 2.45) is 4.99 Å². The molecule has 0 radical (unpaired) electrons. The molecule has 122 valence electrons. The Labute approximate surface area is 141 Å². The molecular formula is C20H19NO3. The molecule has 0 aromatic carbocycles. The van der Waals surface area contributed by atoms with E-state index in [-0.39, 0.29) is 23.7 Å². The monoisotopic (exact) mass is 321 g/mol. The van der Waals surface area contributed by atoms with Crippen LogP contribution in [-0.2, 0) is 0 Å². The van der Waals surface area contributed by atoms with Crippen LogP contribution in [0.5, 0.6) is 0 Å². The van der Waals surface area contributed by atoms with E-state index in [1.54, 1.807) is 25.2 Å². The Morgan fingerprint density at radius 2 is 2.25 bits per heavy atom.